The summed E-state index contributed by atoms with van der Waals surface area (Å²) in [6.45, 7) is 0. The van der Waals surface area contributed by atoms with Gasteiger partial charge in [-0.3, -0.25) is 0 Å². The van der Waals surface area contributed by atoms with Crippen molar-refractivity contribution in [3.05, 3.63) is 182 Å². The summed E-state index contributed by atoms with van der Waals surface area (Å²) < 4.78 is 5.42. The number of hydrogen-bond acceptors (Lipinski definition) is 2. The van der Waals surface area contributed by atoms with E-state index >= 15 is 0 Å². The lowest BCUT2D eigenvalue weighted by atomic mass is 9.85. The van der Waals surface area contributed by atoms with Gasteiger partial charge < -0.3 is 0 Å². The number of rotatable bonds is 3. The summed E-state index contributed by atoms with van der Waals surface area (Å²) in [7, 11) is 0. The summed E-state index contributed by atoms with van der Waals surface area (Å²) >= 11 is 3.83. The molecule has 0 bridgehead atoms. The van der Waals surface area contributed by atoms with Crippen LogP contribution in [-0.4, -0.2) is 0 Å². The van der Waals surface area contributed by atoms with Crippen molar-refractivity contribution >= 4 is 106 Å². The van der Waals surface area contributed by atoms with Gasteiger partial charge in [-0.15, -0.1) is 22.7 Å². The van der Waals surface area contributed by atoms with Gasteiger partial charge in [0, 0.05) is 40.3 Å². The maximum absolute atomic E-state index is 2.43. The monoisotopic (exact) mass is 718 g/mol. The zero-order valence-corrected chi connectivity index (χ0v) is 30.8. The predicted octanol–water partition coefficient (Wildman–Crippen LogP) is 16.0. The topological polar surface area (TPSA) is 0 Å². The molecule has 12 aromatic rings. The van der Waals surface area contributed by atoms with E-state index in [0.717, 1.165) is 0 Å². The fourth-order valence-electron chi connectivity index (χ4n) is 8.90. The average Bonchev–Trinajstić information content (AvgIpc) is 3.78. The molecule has 10 aromatic carbocycles. The molecule has 0 aliphatic heterocycles. The fraction of sp³-hybridized carbons (Fsp3) is 0. The van der Waals surface area contributed by atoms with E-state index in [-0.39, 0.29) is 0 Å². The Morgan fingerprint density at radius 3 is 1.48 bits per heavy atom. The van der Waals surface area contributed by atoms with Crippen molar-refractivity contribution in [1.29, 1.82) is 0 Å². The molecule has 0 saturated carbocycles. The van der Waals surface area contributed by atoms with E-state index in [1.165, 1.54) is 117 Å². The maximum Gasteiger partial charge on any atom is 0.0433 e. The molecule has 0 amide bonds. The first-order valence-corrected chi connectivity index (χ1v) is 20.1. The van der Waals surface area contributed by atoms with Crippen LogP contribution in [0.4, 0.5) is 0 Å². The second-order valence-corrected chi connectivity index (χ2v) is 16.5. The van der Waals surface area contributed by atoms with Gasteiger partial charge in [-0.1, -0.05) is 152 Å². The lowest BCUT2D eigenvalue weighted by Crippen LogP contribution is -1.91. The van der Waals surface area contributed by atoms with Gasteiger partial charge in [0.15, 0.2) is 0 Å². The summed E-state index contributed by atoms with van der Waals surface area (Å²) in [5, 5.41) is 15.7. The molecule has 0 saturated heterocycles. The van der Waals surface area contributed by atoms with Crippen molar-refractivity contribution in [3.63, 3.8) is 0 Å². The van der Waals surface area contributed by atoms with Crippen molar-refractivity contribution in [2.45, 2.75) is 0 Å². The lowest BCUT2D eigenvalue weighted by Gasteiger charge is -2.18. The van der Waals surface area contributed by atoms with Crippen LogP contribution in [0.2, 0.25) is 0 Å². The van der Waals surface area contributed by atoms with Crippen molar-refractivity contribution in [1.82, 2.24) is 0 Å². The Kier molecular flexibility index (Phi) is 6.48. The lowest BCUT2D eigenvalue weighted by molar-refractivity contribution is 1.63. The molecule has 0 nitrogen and oxygen atoms in total. The Hall–Kier alpha value is -6.32. The summed E-state index contributed by atoms with van der Waals surface area (Å²) in [5.41, 5.74) is 7.55. The summed E-state index contributed by atoms with van der Waals surface area (Å²) in [6, 6.07) is 67.8. The van der Waals surface area contributed by atoms with Crippen LogP contribution in [0.5, 0.6) is 0 Å². The Bertz CT molecular complexity index is 3450. The van der Waals surface area contributed by atoms with Crippen molar-refractivity contribution in [2.24, 2.45) is 0 Å². The molecule has 250 valence electrons. The molecule has 0 spiro atoms. The van der Waals surface area contributed by atoms with E-state index < -0.39 is 0 Å². The number of thiophene rings is 2. The van der Waals surface area contributed by atoms with E-state index in [9.17, 15) is 0 Å². The third-order valence-electron chi connectivity index (χ3n) is 11.4. The number of fused-ring (bicyclic) bond motifs is 11. The van der Waals surface area contributed by atoms with Gasteiger partial charge in [0.25, 0.3) is 0 Å². The molecular formula is C52H30S2. The predicted molar refractivity (Wildman–Crippen MR) is 239 cm³/mol. The molecule has 0 aliphatic carbocycles. The van der Waals surface area contributed by atoms with E-state index in [2.05, 4.69) is 182 Å². The molecule has 2 heteroatoms. The Morgan fingerprint density at radius 2 is 0.741 bits per heavy atom. The van der Waals surface area contributed by atoms with Gasteiger partial charge in [0.05, 0.1) is 0 Å². The van der Waals surface area contributed by atoms with Gasteiger partial charge >= 0.3 is 0 Å². The summed E-state index contributed by atoms with van der Waals surface area (Å²) in [6.07, 6.45) is 0. The highest BCUT2D eigenvalue weighted by molar-refractivity contribution is 7.28. The summed E-state index contributed by atoms with van der Waals surface area (Å²) in [4.78, 5) is 0. The minimum atomic E-state index is 1.23. The quantitative estimate of drug-likeness (QED) is 0.160. The smallest absolute Gasteiger partial charge is 0.0433 e. The molecule has 0 radical (unpaired) electrons. The third-order valence-corrected chi connectivity index (χ3v) is 13.7. The van der Waals surface area contributed by atoms with Crippen LogP contribution in [-0.2, 0) is 0 Å². The minimum Gasteiger partial charge on any atom is -0.135 e. The Balaban J connectivity index is 1.01. The first-order valence-electron chi connectivity index (χ1n) is 18.5. The fourth-order valence-corrected chi connectivity index (χ4v) is 11.3. The van der Waals surface area contributed by atoms with Crippen LogP contribution >= 0.6 is 22.7 Å². The first kappa shape index (κ1) is 30.2. The van der Waals surface area contributed by atoms with E-state index in [1.54, 1.807) is 0 Å². The molecule has 0 atom stereocenters. The second kappa shape index (κ2) is 11.6. The second-order valence-electron chi connectivity index (χ2n) is 14.4. The van der Waals surface area contributed by atoms with Crippen molar-refractivity contribution in [2.75, 3.05) is 0 Å². The number of hydrogen-bond donors (Lipinski definition) is 0. The maximum atomic E-state index is 2.43. The van der Waals surface area contributed by atoms with Gasteiger partial charge in [-0.2, -0.15) is 0 Å². The standard InChI is InChI=1S/C52H30S2/c1-2-12-33-26-37(21-20-31(33)10-1)51-42-18-7-5-16-40(42)50(41-17-6-8-19-43(41)51)36-14-9-13-34(27-36)35-23-24-39-45-29-49-46(30-48(45)53-47(39)28-35)44-25-22-32-11-3-4-15-38(32)52(44)54-49/h1-30H. The molecule has 2 heterocycles. The SMILES string of the molecule is c1cc(-c2ccc3c(c2)sc2cc4c(cc23)sc2c3ccccc3ccc42)cc(-c2c3ccccc3c(-c3ccc4ccccc4c3)c3ccccc23)c1. The van der Waals surface area contributed by atoms with E-state index in [4.69, 9.17) is 0 Å². The van der Waals surface area contributed by atoms with Gasteiger partial charge in [-0.25, -0.2) is 0 Å². The highest BCUT2D eigenvalue weighted by Gasteiger charge is 2.18. The molecule has 0 aliphatic rings. The summed E-state index contributed by atoms with van der Waals surface area (Å²) in [5.74, 6) is 0. The largest absolute Gasteiger partial charge is 0.135 e. The molecule has 2 aromatic heterocycles. The van der Waals surface area contributed by atoms with E-state index in [1.807, 2.05) is 22.7 Å². The molecule has 0 unspecified atom stereocenters. The van der Waals surface area contributed by atoms with Crippen LogP contribution in [0.3, 0.4) is 0 Å². The molecule has 12 rings (SSSR count). The molecular weight excluding hydrogens is 689 g/mol. The zero-order valence-electron chi connectivity index (χ0n) is 29.1. The van der Waals surface area contributed by atoms with Gasteiger partial charge in [0.2, 0.25) is 0 Å². The van der Waals surface area contributed by atoms with Crippen LogP contribution in [0.15, 0.2) is 182 Å². The minimum absolute atomic E-state index is 1.23. The van der Waals surface area contributed by atoms with Gasteiger partial charge in [-0.05, 0) is 107 Å². The van der Waals surface area contributed by atoms with Crippen LogP contribution < -0.4 is 0 Å². The van der Waals surface area contributed by atoms with Crippen molar-refractivity contribution < 1.29 is 0 Å². The van der Waals surface area contributed by atoms with Crippen molar-refractivity contribution in [3.8, 4) is 33.4 Å². The van der Waals surface area contributed by atoms with E-state index in [0.29, 0.717) is 0 Å². The highest BCUT2D eigenvalue weighted by Crippen LogP contribution is 2.47. The Morgan fingerprint density at radius 1 is 0.241 bits per heavy atom. The molecule has 54 heavy (non-hydrogen) atoms. The average molecular weight is 719 g/mol. The zero-order chi connectivity index (χ0) is 35.3. The highest BCUT2D eigenvalue weighted by atomic mass is 32.1. The molecule has 0 N–H and O–H groups in total. The molecule has 0 fully saturated rings. The first-order chi connectivity index (χ1) is 26.7. The normalized spacial score (nSPS) is 12.1. The van der Waals surface area contributed by atoms with Crippen LogP contribution in [0, 0.1) is 0 Å². The Labute approximate surface area is 319 Å². The van der Waals surface area contributed by atoms with Crippen LogP contribution in [0.25, 0.3) is 117 Å². The van der Waals surface area contributed by atoms with Crippen LogP contribution in [0.1, 0.15) is 0 Å². The van der Waals surface area contributed by atoms with Gasteiger partial charge in [0.1, 0.15) is 0 Å². The number of benzene rings is 10. The third kappa shape index (κ3) is 4.48.